The van der Waals surface area contributed by atoms with E-state index in [0.717, 1.165) is 30.5 Å². The molecule has 0 amide bonds. The number of hydrogen-bond donors (Lipinski definition) is 2. The van der Waals surface area contributed by atoms with E-state index in [2.05, 4.69) is 27.5 Å². The van der Waals surface area contributed by atoms with Crippen LogP contribution in [0.4, 0.5) is 0 Å². The monoisotopic (exact) mass is 322 g/mol. The van der Waals surface area contributed by atoms with Crippen molar-refractivity contribution in [3.8, 4) is 0 Å². The topological polar surface area (TPSA) is 49.3 Å². The molecule has 0 aromatic carbocycles. The Morgan fingerprint density at radius 3 is 2.82 bits per heavy atom. The molecule has 5 heteroatoms. The summed E-state index contributed by atoms with van der Waals surface area (Å²) in [7, 11) is 0. The highest BCUT2D eigenvalue weighted by molar-refractivity contribution is 6.29. The molecule has 22 heavy (non-hydrogen) atoms. The SMILES string of the molecule is CCNC(=NCc1ccc(Cl)nc1)NCCCC1CCCC1. The van der Waals surface area contributed by atoms with Gasteiger partial charge in [0, 0.05) is 19.3 Å². The van der Waals surface area contributed by atoms with Gasteiger partial charge in [0.15, 0.2) is 5.96 Å². The van der Waals surface area contributed by atoms with Crippen LogP contribution in [0.1, 0.15) is 51.0 Å². The van der Waals surface area contributed by atoms with Gasteiger partial charge < -0.3 is 10.6 Å². The summed E-state index contributed by atoms with van der Waals surface area (Å²) in [5.41, 5.74) is 1.06. The quantitative estimate of drug-likeness (QED) is 0.348. The Kier molecular flexibility index (Phi) is 7.50. The number of guanidine groups is 1. The molecule has 0 atom stereocenters. The van der Waals surface area contributed by atoms with Gasteiger partial charge in [-0.15, -0.1) is 0 Å². The molecule has 1 heterocycles. The minimum absolute atomic E-state index is 0.518. The normalized spacial score (nSPS) is 16.0. The predicted octanol–water partition coefficient (Wildman–Crippen LogP) is 3.76. The van der Waals surface area contributed by atoms with Crippen molar-refractivity contribution in [2.45, 2.75) is 52.0 Å². The van der Waals surface area contributed by atoms with Crippen LogP contribution in [0.25, 0.3) is 0 Å². The highest BCUT2D eigenvalue weighted by Gasteiger charge is 2.13. The van der Waals surface area contributed by atoms with Crippen molar-refractivity contribution >= 4 is 17.6 Å². The van der Waals surface area contributed by atoms with E-state index in [4.69, 9.17) is 11.6 Å². The summed E-state index contributed by atoms with van der Waals surface area (Å²) in [6.45, 7) is 4.55. The van der Waals surface area contributed by atoms with Gasteiger partial charge in [-0.05, 0) is 37.3 Å². The predicted molar refractivity (Wildman–Crippen MR) is 93.3 cm³/mol. The maximum Gasteiger partial charge on any atom is 0.191 e. The number of aromatic nitrogens is 1. The van der Waals surface area contributed by atoms with Crippen LogP contribution >= 0.6 is 11.6 Å². The molecule has 0 saturated heterocycles. The summed E-state index contributed by atoms with van der Waals surface area (Å²) in [6.07, 6.45) is 10.0. The van der Waals surface area contributed by atoms with E-state index in [1.807, 2.05) is 6.07 Å². The summed E-state index contributed by atoms with van der Waals surface area (Å²) in [5, 5.41) is 7.22. The molecule has 2 N–H and O–H groups in total. The molecule has 1 aromatic rings. The molecule has 0 aliphatic heterocycles. The molecule has 2 rings (SSSR count). The Morgan fingerprint density at radius 2 is 2.14 bits per heavy atom. The molecule has 1 aliphatic rings. The van der Waals surface area contributed by atoms with E-state index in [1.165, 1.54) is 38.5 Å². The highest BCUT2D eigenvalue weighted by atomic mass is 35.5. The molecule has 0 unspecified atom stereocenters. The molecule has 4 nitrogen and oxygen atoms in total. The minimum atomic E-state index is 0.518. The summed E-state index contributed by atoms with van der Waals surface area (Å²) in [4.78, 5) is 8.67. The van der Waals surface area contributed by atoms with Crippen LogP contribution in [-0.4, -0.2) is 24.0 Å². The smallest absolute Gasteiger partial charge is 0.191 e. The molecule has 122 valence electrons. The van der Waals surface area contributed by atoms with Crippen LogP contribution in [0.3, 0.4) is 0 Å². The number of rotatable bonds is 7. The minimum Gasteiger partial charge on any atom is -0.357 e. The fraction of sp³-hybridized carbons (Fsp3) is 0.647. The maximum atomic E-state index is 5.79. The number of halogens is 1. The van der Waals surface area contributed by atoms with Gasteiger partial charge in [-0.2, -0.15) is 0 Å². The second kappa shape index (κ2) is 9.67. The lowest BCUT2D eigenvalue weighted by Crippen LogP contribution is -2.37. The summed E-state index contributed by atoms with van der Waals surface area (Å²) < 4.78 is 0. The lowest BCUT2D eigenvalue weighted by atomic mass is 10.0. The van der Waals surface area contributed by atoms with Gasteiger partial charge >= 0.3 is 0 Å². The Balaban J connectivity index is 1.72. The van der Waals surface area contributed by atoms with E-state index in [-0.39, 0.29) is 0 Å². The van der Waals surface area contributed by atoms with Gasteiger partial charge in [-0.3, -0.25) is 0 Å². The van der Waals surface area contributed by atoms with Crippen molar-refractivity contribution in [1.82, 2.24) is 15.6 Å². The first kappa shape index (κ1) is 17.1. The molecule has 0 radical (unpaired) electrons. The summed E-state index contributed by atoms with van der Waals surface area (Å²) in [6, 6.07) is 3.76. The standard InChI is InChI=1S/C17H27ClN4/c1-2-19-17(20-11-5-8-14-6-3-4-7-14)22-13-15-9-10-16(18)21-12-15/h9-10,12,14H,2-8,11,13H2,1H3,(H2,19,20,22). The molecule has 0 bridgehead atoms. The van der Waals surface area contributed by atoms with Crippen molar-refractivity contribution in [2.75, 3.05) is 13.1 Å². The fourth-order valence-electron chi connectivity index (χ4n) is 2.91. The number of nitrogens with one attached hydrogen (secondary N) is 2. The van der Waals surface area contributed by atoms with E-state index < -0.39 is 0 Å². The van der Waals surface area contributed by atoms with Crippen LogP contribution in [0.2, 0.25) is 5.15 Å². The van der Waals surface area contributed by atoms with Crippen LogP contribution in [0, 0.1) is 5.92 Å². The third-order valence-electron chi connectivity index (χ3n) is 4.11. The number of nitrogens with zero attached hydrogens (tertiary/aromatic N) is 2. The van der Waals surface area contributed by atoms with Crippen molar-refractivity contribution in [2.24, 2.45) is 10.9 Å². The Bertz CT molecular complexity index is 452. The molecule has 1 saturated carbocycles. The molecule has 0 spiro atoms. The zero-order chi connectivity index (χ0) is 15.6. The van der Waals surface area contributed by atoms with E-state index in [9.17, 15) is 0 Å². The average Bonchev–Trinajstić information content (AvgIpc) is 3.04. The largest absolute Gasteiger partial charge is 0.357 e. The maximum absolute atomic E-state index is 5.79. The van der Waals surface area contributed by atoms with Crippen LogP contribution in [-0.2, 0) is 6.54 Å². The van der Waals surface area contributed by atoms with Gasteiger partial charge in [-0.25, -0.2) is 9.98 Å². The Labute approximate surface area is 138 Å². The number of hydrogen-bond acceptors (Lipinski definition) is 2. The summed E-state index contributed by atoms with van der Waals surface area (Å²) >= 11 is 5.79. The third kappa shape index (κ3) is 6.22. The van der Waals surface area contributed by atoms with Crippen molar-refractivity contribution < 1.29 is 0 Å². The van der Waals surface area contributed by atoms with Crippen LogP contribution in [0.5, 0.6) is 0 Å². The molecule has 1 aromatic heterocycles. The molecular formula is C17H27ClN4. The van der Waals surface area contributed by atoms with Gasteiger partial charge in [-0.1, -0.05) is 43.4 Å². The zero-order valence-corrected chi connectivity index (χ0v) is 14.2. The van der Waals surface area contributed by atoms with Crippen LogP contribution in [0.15, 0.2) is 23.3 Å². The fourth-order valence-corrected chi connectivity index (χ4v) is 3.02. The second-order valence-corrected chi connectivity index (χ2v) is 6.29. The number of aliphatic imine (C=N–C) groups is 1. The summed E-state index contributed by atoms with van der Waals surface area (Å²) in [5.74, 6) is 1.84. The second-order valence-electron chi connectivity index (χ2n) is 5.90. The van der Waals surface area contributed by atoms with Crippen molar-refractivity contribution in [3.05, 3.63) is 29.0 Å². The first-order valence-electron chi connectivity index (χ1n) is 8.40. The van der Waals surface area contributed by atoms with Gasteiger partial charge in [0.25, 0.3) is 0 Å². The number of pyridine rings is 1. The van der Waals surface area contributed by atoms with Gasteiger partial charge in [0.1, 0.15) is 5.15 Å². The van der Waals surface area contributed by atoms with Crippen molar-refractivity contribution in [3.63, 3.8) is 0 Å². The molecule has 1 aliphatic carbocycles. The van der Waals surface area contributed by atoms with E-state index in [0.29, 0.717) is 11.7 Å². The first-order valence-corrected chi connectivity index (χ1v) is 8.78. The Hall–Kier alpha value is -1.29. The Morgan fingerprint density at radius 1 is 1.32 bits per heavy atom. The average molecular weight is 323 g/mol. The van der Waals surface area contributed by atoms with Crippen molar-refractivity contribution in [1.29, 1.82) is 0 Å². The molecular weight excluding hydrogens is 296 g/mol. The van der Waals surface area contributed by atoms with Gasteiger partial charge in [0.05, 0.1) is 6.54 Å². The highest BCUT2D eigenvalue weighted by Crippen LogP contribution is 2.28. The lowest BCUT2D eigenvalue weighted by molar-refractivity contribution is 0.481. The van der Waals surface area contributed by atoms with E-state index >= 15 is 0 Å². The zero-order valence-electron chi connectivity index (χ0n) is 13.4. The lowest BCUT2D eigenvalue weighted by Gasteiger charge is -2.13. The van der Waals surface area contributed by atoms with Crippen LogP contribution < -0.4 is 10.6 Å². The van der Waals surface area contributed by atoms with E-state index in [1.54, 1.807) is 12.3 Å². The third-order valence-corrected chi connectivity index (χ3v) is 4.33. The molecule has 1 fully saturated rings. The first-order chi connectivity index (χ1) is 10.8. The van der Waals surface area contributed by atoms with Gasteiger partial charge in [0.2, 0.25) is 0 Å².